The topological polar surface area (TPSA) is 48.5 Å². The van der Waals surface area contributed by atoms with Crippen molar-refractivity contribution in [3.63, 3.8) is 0 Å². The van der Waals surface area contributed by atoms with Gasteiger partial charge in [0, 0.05) is 24.2 Å². The van der Waals surface area contributed by atoms with Gasteiger partial charge in [0.05, 0.1) is 16.7 Å². The molecule has 0 bridgehead atoms. The SMILES string of the molecule is Cn1ccc2c(-c3ccccc3)nc(-n3cnc4ccccc43)nc21. The summed E-state index contributed by atoms with van der Waals surface area (Å²) in [6, 6.07) is 20.3. The third kappa shape index (κ3) is 2.13. The molecular weight excluding hydrogens is 310 g/mol. The van der Waals surface area contributed by atoms with Crippen LogP contribution in [0.3, 0.4) is 0 Å². The summed E-state index contributed by atoms with van der Waals surface area (Å²) >= 11 is 0. The molecule has 5 nitrogen and oxygen atoms in total. The van der Waals surface area contributed by atoms with Crippen molar-refractivity contribution in [3.8, 4) is 17.2 Å². The van der Waals surface area contributed by atoms with Crippen LogP contribution in [0, 0.1) is 0 Å². The molecule has 3 aromatic heterocycles. The molecular formula is C20H15N5. The van der Waals surface area contributed by atoms with E-state index in [9.17, 15) is 0 Å². The molecule has 5 rings (SSSR count). The van der Waals surface area contributed by atoms with Crippen molar-refractivity contribution in [2.75, 3.05) is 0 Å². The van der Waals surface area contributed by atoms with Crippen molar-refractivity contribution in [2.45, 2.75) is 0 Å². The number of para-hydroxylation sites is 2. The highest BCUT2D eigenvalue weighted by Gasteiger charge is 2.14. The molecule has 2 aromatic carbocycles. The fraction of sp³-hybridized carbons (Fsp3) is 0.0500. The van der Waals surface area contributed by atoms with E-state index >= 15 is 0 Å². The molecule has 0 amide bonds. The molecule has 0 fully saturated rings. The van der Waals surface area contributed by atoms with Crippen LogP contribution in [-0.4, -0.2) is 24.1 Å². The van der Waals surface area contributed by atoms with Crippen molar-refractivity contribution < 1.29 is 0 Å². The summed E-state index contributed by atoms with van der Waals surface area (Å²) < 4.78 is 3.96. The fourth-order valence-electron chi connectivity index (χ4n) is 3.17. The van der Waals surface area contributed by atoms with Gasteiger partial charge in [-0.25, -0.2) is 9.97 Å². The predicted molar refractivity (Wildman–Crippen MR) is 98.6 cm³/mol. The van der Waals surface area contributed by atoms with E-state index in [0.717, 1.165) is 33.3 Å². The minimum absolute atomic E-state index is 0.627. The van der Waals surface area contributed by atoms with Gasteiger partial charge in [-0.3, -0.25) is 4.57 Å². The molecule has 0 N–H and O–H groups in total. The van der Waals surface area contributed by atoms with Crippen LogP contribution >= 0.6 is 0 Å². The van der Waals surface area contributed by atoms with Gasteiger partial charge in [0.1, 0.15) is 12.0 Å². The Hall–Kier alpha value is -3.47. The smallest absolute Gasteiger partial charge is 0.238 e. The van der Waals surface area contributed by atoms with E-state index in [1.54, 1.807) is 6.33 Å². The molecule has 0 spiro atoms. The number of benzene rings is 2. The van der Waals surface area contributed by atoms with E-state index in [2.05, 4.69) is 23.2 Å². The van der Waals surface area contributed by atoms with Crippen LogP contribution < -0.4 is 0 Å². The number of hydrogen-bond donors (Lipinski definition) is 0. The molecule has 5 heteroatoms. The molecule has 0 aliphatic carbocycles. The average molecular weight is 325 g/mol. The summed E-state index contributed by atoms with van der Waals surface area (Å²) in [4.78, 5) is 14.1. The number of aryl methyl sites for hydroxylation is 1. The molecule has 25 heavy (non-hydrogen) atoms. The minimum Gasteiger partial charge on any atom is -0.335 e. The summed E-state index contributed by atoms with van der Waals surface area (Å²) in [5, 5.41) is 1.04. The highest BCUT2D eigenvalue weighted by molar-refractivity contribution is 5.91. The molecule has 0 saturated heterocycles. The lowest BCUT2D eigenvalue weighted by atomic mass is 10.1. The van der Waals surface area contributed by atoms with Crippen LogP contribution in [0.4, 0.5) is 0 Å². The van der Waals surface area contributed by atoms with Crippen molar-refractivity contribution in [1.29, 1.82) is 0 Å². The van der Waals surface area contributed by atoms with Crippen LogP contribution in [0.15, 0.2) is 73.2 Å². The first kappa shape index (κ1) is 13.9. The van der Waals surface area contributed by atoms with E-state index in [-0.39, 0.29) is 0 Å². The van der Waals surface area contributed by atoms with Gasteiger partial charge in [0.25, 0.3) is 0 Å². The van der Waals surface area contributed by atoms with Gasteiger partial charge >= 0.3 is 0 Å². The van der Waals surface area contributed by atoms with E-state index in [4.69, 9.17) is 9.97 Å². The van der Waals surface area contributed by atoms with Crippen molar-refractivity contribution in [1.82, 2.24) is 24.1 Å². The maximum atomic E-state index is 4.88. The Morgan fingerprint density at radius 2 is 1.64 bits per heavy atom. The van der Waals surface area contributed by atoms with E-state index < -0.39 is 0 Å². The molecule has 0 unspecified atom stereocenters. The Morgan fingerprint density at radius 1 is 0.840 bits per heavy atom. The summed E-state index contributed by atoms with van der Waals surface area (Å²) in [7, 11) is 2.00. The molecule has 0 radical (unpaired) electrons. The standard InChI is InChI=1S/C20H15N5/c1-24-12-11-15-18(14-7-3-2-4-8-14)22-20(23-19(15)24)25-13-21-16-9-5-6-10-17(16)25/h2-13H,1H3. The predicted octanol–water partition coefficient (Wildman–Crippen LogP) is 3.97. The van der Waals surface area contributed by atoms with Crippen LogP contribution in [-0.2, 0) is 7.05 Å². The molecule has 0 saturated carbocycles. The Balaban J connectivity index is 1.84. The van der Waals surface area contributed by atoms with E-state index in [1.807, 2.05) is 64.8 Å². The second-order valence-electron chi connectivity index (χ2n) is 6.01. The second kappa shape index (κ2) is 5.27. The summed E-state index contributed by atoms with van der Waals surface area (Å²) in [6.07, 6.45) is 3.80. The normalized spacial score (nSPS) is 11.4. The van der Waals surface area contributed by atoms with Gasteiger partial charge < -0.3 is 4.57 Å². The molecule has 5 aromatic rings. The lowest BCUT2D eigenvalue weighted by Gasteiger charge is -2.08. The van der Waals surface area contributed by atoms with Crippen molar-refractivity contribution >= 4 is 22.1 Å². The summed E-state index contributed by atoms with van der Waals surface area (Å²) in [6.45, 7) is 0. The zero-order valence-corrected chi connectivity index (χ0v) is 13.7. The number of imidazole rings is 1. The highest BCUT2D eigenvalue weighted by atomic mass is 15.2. The lowest BCUT2D eigenvalue weighted by molar-refractivity contribution is 0.913. The minimum atomic E-state index is 0.627. The third-order valence-corrected chi connectivity index (χ3v) is 4.43. The van der Waals surface area contributed by atoms with E-state index in [0.29, 0.717) is 5.95 Å². The maximum absolute atomic E-state index is 4.88. The number of hydrogen-bond acceptors (Lipinski definition) is 3. The Bertz CT molecular complexity index is 1200. The molecule has 120 valence electrons. The third-order valence-electron chi connectivity index (χ3n) is 4.43. The Morgan fingerprint density at radius 3 is 2.52 bits per heavy atom. The lowest BCUT2D eigenvalue weighted by Crippen LogP contribution is -2.03. The second-order valence-corrected chi connectivity index (χ2v) is 6.01. The Kier molecular flexibility index (Phi) is 2.94. The first-order valence-electron chi connectivity index (χ1n) is 8.12. The molecule has 3 heterocycles. The summed E-state index contributed by atoms with van der Waals surface area (Å²) in [5.41, 5.74) is 4.83. The van der Waals surface area contributed by atoms with Crippen molar-refractivity contribution in [2.24, 2.45) is 7.05 Å². The van der Waals surface area contributed by atoms with Gasteiger partial charge in [-0.1, -0.05) is 42.5 Å². The maximum Gasteiger partial charge on any atom is 0.238 e. The average Bonchev–Trinajstić information content (AvgIpc) is 3.26. The van der Waals surface area contributed by atoms with Crippen LogP contribution in [0.5, 0.6) is 0 Å². The molecule has 0 aliphatic heterocycles. The first-order valence-corrected chi connectivity index (χ1v) is 8.12. The van der Waals surface area contributed by atoms with E-state index in [1.165, 1.54) is 0 Å². The van der Waals surface area contributed by atoms with Gasteiger partial charge in [-0.05, 0) is 18.2 Å². The highest BCUT2D eigenvalue weighted by Crippen LogP contribution is 2.28. The molecule has 0 aliphatic rings. The largest absolute Gasteiger partial charge is 0.335 e. The van der Waals surface area contributed by atoms with Crippen LogP contribution in [0.25, 0.3) is 39.3 Å². The van der Waals surface area contributed by atoms with Gasteiger partial charge in [-0.15, -0.1) is 0 Å². The quantitative estimate of drug-likeness (QED) is 0.493. The number of fused-ring (bicyclic) bond motifs is 2. The number of aromatic nitrogens is 5. The fourth-order valence-corrected chi connectivity index (χ4v) is 3.17. The van der Waals surface area contributed by atoms with Crippen molar-refractivity contribution in [3.05, 3.63) is 73.2 Å². The van der Waals surface area contributed by atoms with Crippen LogP contribution in [0.1, 0.15) is 0 Å². The monoisotopic (exact) mass is 325 g/mol. The number of rotatable bonds is 2. The zero-order chi connectivity index (χ0) is 16.8. The van der Waals surface area contributed by atoms with Gasteiger partial charge in [0.2, 0.25) is 5.95 Å². The molecule has 0 atom stereocenters. The van der Waals surface area contributed by atoms with Crippen LogP contribution in [0.2, 0.25) is 0 Å². The first-order chi connectivity index (χ1) is 12.3. The Labute approximate surface area is 144 Å². The summed E-state index contributed by atoms with van der Waals surface area (Å²) in [5.74, 6) is 0.627. The van der Waals surface area contributed by atoms with Gasteiger partial charge in [0.15, 0.2) is 0 Å². The zero-order valence-electron chi connectivity index (χ0n) is 13.7. The number of nitrogens with zero attached hydrogens (tertiary/aromatic N) is 5. The van der Waals surface area contributed by atoms with Gasteiger partial charge in [-0.2, -0.15) is 4.98 Å².